The fourth-order valence-electron chi connectivity index (χ4n) is 0.604. The highest BCUT2D eigenvalue weighted by molar-refractivity contribution is 4.95. The van der Waals surface area contributed by atoms with Gasteiger partial charge in [-0.1, -0.05) is 0 Å². The van der Waals surface area contributed by atoms with Crippen molar-refractivity contribution >= 4 is 0 Å². The van der Waals surface area contributed by atoms with Gasteiger partial charge in [-0.15, -0.1) is 0 Å². The minimum absolute atomic E-state index is 0.199. The molecule has 0 radical (unpaired) electrons. The summed E-state index contributed by atoms with van der Waals surface area (Å²) in [6, 6.07) is 0. The molecule has 0 spiro atoms. The lowest BCUT2D eigenvalue weighted by Gasteiger charge is -2.18. The average molecular weight is 174 g/mol. The molecule has 0 amide bonds. The molecule has 2 atom stereocenters. The van der Waals surface area contributed by atoms with E-state index in [-0.39, 0.29) is 6.10 Å². The zero-order valence-electron chi connectivity index (χ0n) is 8.42. The van der Waals surface area contributed by atoms with Gasteiger partial charge in [0.05, 0.1) is 13.2 Å². The van der Waals surface area contributed by atoms with Crippen LogP contribution in [-0.4, -0.2) is 24.4 Å². The number of aliphatic hydroxyl groups is 1. The summed E-state index contributed by atoms with van der Waals surface area (Å²) in [4.78, 5) is 0. The molecule has 0 aliphatic carbocycles. The van der Waals surface area contributed by atoms with Crippen LogP contribution in [0.25, 0.3) is 0 Å². The lowest BCUT2D eigenvalue weighted by Crippen LogP contribution is -2.22. The van der Waals surface area contributed by atoms with E-state index in [4.69, 9.17) is 14.6 Å². The number of hydrogen-bond acceptors (Lipinski definition) is 3. The van der Waals surface area contributed by atoms with Crippen molar-refractivity contribution in [2.45, 2.75) is 39.9 Å². The van der Waals surface area contributed by atoms with E-state index in [1.54, 1.807) is 14.0 Å². The zero-order chi connectivity index (χ0) is 9.72. The summed E-state index contributed by atoms with van der Waals surface area (Å²) in [5.41, 5.74) is 0. The number of hydrogen-bond donors (Lipinski definition) is 1. The largest absolute Gasteiger partial charge is 0.498 e. The topological polar surface area (TPSA) is 38.7 Å². The van der Waals surface area contributed by atoms with Gasteiger partial charge < -0.3 is 14.6 Å². The van der Waals surface area contributed by atoms with Gasteiger partial charge in [0.15, 0.2) is 0 Å². The number of ether oxygens (including phenoxy) is 2. The van der Waals surface area contributed by atoms with E-state index in [1.165, 1.54) is 0 Å². The molecule has 0 aliphatic heterocycles. The molecule has 3 nitrogen and oxygen atoms in total. The number of aliphatic hydroxyl groups excluding tert-OH is 1. The van der Waals surface area contributed by atoms with Crippen molar-refractivity contribution in [3.8, 4) is 0 Å². The highest BCUT2D eigenvalue weighted by Crippen LogP contribution is 2.10. The van der Waals surface area contributed by atoms with Crippen LogP contribution in [0.5, 0.6) is 0 Å². The predicted octanol–water partition coefficient (Wildman–Crippen LogP) is 1.67. The quantitative estimate of drug-likeness (QED) is 0.659. The Morgan fingerprint density at radius 2 is 1.67 bits per heavy atom. The van der Waals surface area contributed by atoms with Gasteiger partial charge in [0, 0.05) is 0 Å². The van der Waals surface area contributed by atoms with Crippen molar-refractivity contribution in [3.63, 3.8) is 0 Å². The molecule has 72 valence electrons. The SMILES string of the molecule is COC(C)=C(C)OC(C)C(C)O. The van der Waals surface area contributed by atoms with E-state index < -0.39 is 6.10 Å². The van der Waals surface area contributed by atoms with Crippen LogP contribution in [0.3, 0.4) is 0 Å². The first kappa shape index (κ1) is 11.3. The first-order valence-corrected chi connectivity index (χ1v) is 4.05. The van der Waals surface area contributed by atoms with Crippen molar-refractivity contribution in [1.29, 1.82) is 0 Å². The first-order chi connectivity index (χ1) is 5.49. The second-order valence-corrected chi connectivity index (χ2v) is 2.88. The lowest BCUT2D eigenvalue weighted by molar-refractivity contribution is 0.0128. The molecular formula is C9H18O3. The maximum atomic E-state index is 9.14. The molecule has 3 heteroatoms. The molecular weight excluding hydrogens is 156 g/mol. The molecule has 0 bridgehead atoms. The molecule has 0 aromatic rings. The van der Waals surface area contributed by atoms with Crippen molar-refractivity contribution in [3.05, 3.63) is 11.5 Å². The molecule has 0 saturated heterocycles. The van der Waals surface area contributed by atoms with Crippen LogP contribution in [0.4, 0.5) is 0 Å². The van der Waals surface area contributed by atoms with Crippen LogP contribution in [-0.2, 0) is 9.47 Å². The Labute approximate surface area is 74.0 Å². The van der Waals surface area contributed by atoms with Crippen LogP contribution < -0.4 is 0 Å². The minimum atomic E-state index is -0.468. The van der Waals surface area contributed by atoms with Crippen LogP contribution in [0.15, 0.2) is 11.5 Å². The van der Waals surface area contributed by atoms with Gasteiger partial charge in [0.25, 0.3) is 0 Å². The van der Waals surface area contributed by atoms with Crippen molar-refractivity contribution in [2.75, 3.05) is 7.11 Å². The summed E-state index contributed by atoms with van der Waals surface area (Å²) in [5.74, 6) is 1.45. The average Bonchev–Trinajstić information content (AvgIpc) is 2.02. The number of allylic oxidation sites excluding steroid dienone is 2. The number of rotatable bonds is 4. The highest BCUT2D eigenvalue weighted by atomic mass is 16.5. The minimum Gasteiger partial charge on any atom is -0.498 e. The third-order valence-electron chi connectivity index (χ3n) is 1.84. The van der Waals surface area contributed by atoms with E-state index in [2.05, 4.69) is 0 Å². The van der Waals surface area contributed by atoms with Crippen LogP contribution >= 0.6 is 0 Å². The second-order valence-electron chi connectivity index (χ2n) is 2.88. The van der Waals surface area contributed by atoms with E-state index in [0.29, 0.717) is 5.76 Å². The Hall–Kier alpha value is -0.700. The van der Waals surface area contributed by atoms with Gasteiger partial charge in [-0.2, -0.15) is 0 Å². The Balaban J connectivity index is 4.08. The monoisotopic (exact) mass is 174 g/mol. The number of methoxy groups -OCH3 is 1. The molecule has 2 unspecified atom stereocenters. The first-order valence-electron chi connectivity index (χ1n) is 4.05. The fraction of sp³-hybridized carbons (Fsp3) is 0.778. The Morgan fingerprint density at radius 3 is 2.00 bits per heavy atom. The third-order valence-corrected chi connectivity index (χ3v) is 1.84. The van der Waals surface area contributed by atoms with Gasteiger partial charge in [-0.05, 0) is 27.7 Å². The van der Waals surface area contributed by atoms with Crippen molar-refractivity contribution in [1.82, 2.24) is 0 Å². The normalized spacial score (nSPS) is 17.8. The molecule has 0 aliphatic rings. The van der Waals surface area contributed by atoms with Gasteiger partial charge in [0.2, 0.25) is 0 Å². The van der Waals surface area contributed by atoms with E-state index in [1.807, 2.05) is 20.8 Å². The van der Waals surface area contributed by atoms with Gasteiger partial charge in [-0.25, -0.2) is 0 Å². The molecule has 0 aromatic carbocycles. The van der Waals surface area contributed by atoms with Gasteiger partial charge in [-0.3, -0.25) is 0 Å². The molecule has 0 rings (SSSR count). The molecule has 0 fully saturated rings. The van der Waals surface area contributed by atoms with Gasteiger partial charge in [0.1, 0.15) is 17.6 Å². The standard InChI is InChI=1S/C9H18O3/c1-6(10)7(2)12-9(4)8(3)11-5/h6-7,10H,1-5H3. The molecule has 0 saturated carbocycles. The Kier molecular flexibility index (Phi) is 4.74. The maximum absolute atomic E-state index is 9.14. The highest BCUT2D eigenvalue weighted by Gasteiger charge is 2.10. The molecule has 0 heterocycles. The summed E-state index contributed by atoms with van der Waals surface area (Å²) in [7, 11) is 1.59. The smallest absolute Gasteiger partial charge is 0.131 e. The van der Waals surface area contributed by atoms with E-state index >= 15 is 0 Å². The van der Waals surface area contributed by atoms with Crippen molar-refractivity contribution < 1.29 is 14.6 Å². The Morgan fingerprint density at radius 1 is 1.17 bits per heavy atom. The third kappa shape index (κ3) is 3.62. The second kappa shape index (κ2) is 5.04. The fourth-order valence-corrected chi connectivity index (χ4v) is 0.604. The maximum Gasteiger partial charge on any atom is 0.131 e. The van der Waals surface area contributed by atoms with E-state index in [0.717, 1.165) is 5.76 Å². The van der Waals surface area contributed by atoms with Crippen molar-refractivity contribution in [2.24, 2.45) is 0 Å². The molecule has 0 aromatic heterocycles. The zero-order valence-corrected chi connectivity index (χ0v) is 8.42. The predicted molar refractivity (Wildman–Crippen MR) is 47.6 cm³/mol. The summed E-state index contributed by atoms with van der Waals surface area (Å²) < 4.78 is 10.3. The van der Waals surface area contributed by atoms with Crippen LogP contribution in [0.2, 0.25) is 0 Å². The summed E-state index contributed by atoms with van der Waals surface area (Å²) in [6.07, 6.45) is -0.667. The van der Waals surface area contributed by atoms with Crippen LogP contribution in [0.1, 0.15) is 27.7 Å². The molecule has 1 N–H and O–H groups in total. The van der Waals surface area contributed by atoms with E-state index in [9.17, 15) is 0 Å². The summed E-state index contributed by atoms with van der Waals surface area (Å²) in [6.45, 7) is 7.15. The molecule has 12 heavy (non-hydrogen) atoms. The lowest BCUT2D eigenvalue weighted by atomic mass is 10.2. The van der Waals surface area contributed by atoms with Gasteiger partial charge >= 0.3 is 0 Å². The summed E-state index contributed by atoms with van der Waals surface area (Å²) >= 11 is 0. The summed E-state index contributed by atoms with van der Waals surface area (Å²) in [5, 5.41) is 9.14. The van der Waals surface area contributed by atoms with Crippen LogP contribution in [0, 0.1) is 0 Å². The Bertz CT molecular complexity index is 161.